The number of carbonyl (C=O) groups excluding carboxylic acids is 1. The smallest absolute Gasteiger partial charge is 0.168 e. The molecule has 1 heterocycles. The molecule has 0 amide bonds. The second kappa shape index (κ2) is 7.90. The first-order valence-electron chi connectivity index (χ1n) is 7.32. The Bertz CT molecular complexity index is 244. The molecule has 3 heteroatoms. The van der Waals surface area contributed by atoms with Gasteiger partial charge in [-0.25, -0.2) is 0 Å². The van der Waals surface area contributed by atoms with Gasteiger partial charge in [0.2, 0.25) is 0 Å². The minimum absolute atomic E-state index is 0.312. The fourth-order valence-corrected chi connectivity index (χ4v) is 2.43. The summed E-state index contributed by atoms with van der Waals surface area (Å²) in [4.78, 5) is 10.8. The zero-order valence-corrected chi connectivity index (χ0v) is 12.2. The summed E-state index contributed by atoms with van der Waals surface area (Å²) in [5.41, 5.74) is 0. The monoisotopic (exact) mass is 256 g/mol. The van der Waals surface area contributed by atoms with Gasteiger partial charge in [-0.1, -0.05) is 32.6 Å². The Kier molecular flexibility index (Phi) is 6.87. The van der Waals surface area contributed by atoms with Crippen LogP contribution < -0.4 is 0 Å². The standard InChI is InChI=1S/C15H28O3/c1-13(15(3)17-11-12-18-15)9-7-5-4-6-8-10-14(2)16/h13H,4-12H2,1-3H3. The van der Waals surface area contributed by atoms with Crippen LogP contribution in [0, 0.1) is 5.92 Å². The van der Waals surface area contributed by atoms with E-state index in [1.165, 1.54) is 25.7 Å². The number of hydrogen-bond acceptors (Lipinski definition) is 3. The molecule has 1 atom stereocenters. The second-order valence-corrected chi connectivity index (χ2v) is 5.62. The number of hydrogen-bond donors (Lipinski definition) is 0. The third kappa shape index (κ3) is 5.49. The van der Waals surface area contributed by atoms with Gasteiger partial charge >= 0.3 is 0 Å². The van der Waals surface area contributed by atoms with Crippen LogP contribution in [-0.4, -0.2) is 24.8 Å². The summed E-state index contributed by atoms with van der Waals surface area (Å²) in [6, 6.07) is 0. The summed E-state index contributed by atoms with van der Waals surface area (Å²) < 4.78 is 11.3. The van der Waals surface area contributed by atoms with Crippen LogP contribution in [0.25, 0.3) is 0 Å². The van der Waals surface area contributed by atoms with Crippen molar-refractivity contribution in [2.45, 2.75) is 71.5 Å². The molecule has 1 unspecified atom stereocenters. The van der Waals surface area contributed by atoms with E-state index in [1.807, 2.05) is 0 Å². The molecule has 1 saturated heterocycles. The van der Waals surface area contributed by atoms with Crippen LogP contribution in [0.15, 0.2) is 0 Å². The van der Waals surface area contributed by atoms with Gasteiger partial charge in [0.05, 0.1) is 13.2 Å². The molecular weight excluding hydrogens is 228 g/mol. The van der Waals surface area contributed by atoms with Crippen molar-refractivity contribution >= 4 is 5.78 Å². The maximum atomic E-state index is 10.8. The highest BCUT2D eigenvalue weighted by Gasteiger charge is 2.36. The van der Waals surface area contributed by atoms with Crippen LogP contribution >= 0.6 is 0 Å². The van der Waals surface area contributed by atoms with Gasteiger partial charge in [0, 0.05) is 12.3 Å². The van der Waals surface area contributed by atoms with Gasteiger partial charge in [-0.3, -0.25) is 0 Å². The number of carbonyl (C=O) groups is 1. The average molecular weight is 256 g/mol. The molecule has 0 aliphatic carbocycles. The van der Waals surface area contributed by atoms with E-state index in [1.54, 1.807) is 6.92 Å². The molecule has 1 aliphatic rings. The van der Waals surface area contributed by atoms with Crippen molar-refractivity contribution in [3.8, 4) is 0 Å². The van der Waals surface area contributed by atoms with E-state index in [0.717, 1.165) is 32.5 Å². The van der Waals surface area contributed by atoms with Crippen LogP contribution in [0.4, 0.5) is 0 Å². The van der Waals surface area contributed by atoms with Crippen molar-refractivity contribution in [1.82, 2.24) is 0 Å². The van der Waals surface area contributed by atoms with E-state index in [0.29, 0.717) is 11.7 Å². The highest BCUT2D eigenvalue weighted by molar-refractivity contribution is 5.75. The lowest BCUT2D eigenvalue weighted by Crippen LogP contribution is -2.33. The molecule has 1 aliphatic heterocycles. The normalized spacial score (nSPS) is 19.9. The van der Waals surface area contributed by atoms with E-state index >= 15 is 0 Å². The molecule has 0 saturated carbocycles. The first-order chi connectivity index (χ1) is 8.54. The minimum Gasteiger partial charge on any atom is -0.348 e. The average Bonchev–Trinajstić information content (AvgIpc) is 2.75. The topological polar surface area (TPSA) is 35.5 Å². The van der Waals surface area contributed by atoms with Crippen LogP contribution in [-0.2, 0) is 14.3 Å². The Morgan fingerprint density at radius 2 is 1.67 bits per heavy atom. The van der Waals surface area contributed by atoms with Gasteiger partial charge < -0.3 is 14.3 Å². The predicted octanol–water partition coefficient (Wildman–Crippen LogP) is 3.71. The lowest BCUT2D eigenvalue weighted by Gasteiger charge is -2.29. The maximum absolute atomic E-state index is 10.8. The fourth-order valence-electron chi connectivity index (χ4n) is 2.43. The molecule has 18 heavy (non-hydrogen) atoms. The maximum Gasteiger partial charge on any atom is 0.168 e. The van der Waals surface area contributed by atoms with Gasteiger partial charge in [0.1, 0.15) is 5.78 Å². The van der Waals surface area contributed by atoms with Crippen molar-refractivity contribution in [2.75, 3.05) is 13.2 Å². The number of ketones is 1. The van der Waals surface area contributed by atoms with Gasteiger partial charge in [0.25, 0.3) is 0 Å². The molecule has 1 fully saturated rings. The number of rotatable bonds is 9. The molecule has 0 N–H and O–H groups in total. The van der Waals surface area contributed by atoms with Gasteiger partial charge in [-0.15, -0.1) is 0 Å². The van der Waals surface area contributed by atoms with Crippen molar-refractivity contribution in [1.29, 1.82) is 0 Å². The Hall–Kier alpha value is -0.410. The second-order valence-electron chi connectivity index (χ2n) is 5.62. The third-order valence-electron chi connectivity index (χ3n) is 3.92. The Balaban J connectivity index is 1.99. The van der Waals surface area contributed by atoms with Crippen LogP contribution in [0.5, 0.6) is 0 Å². The third-order valence-corrected chi connectivity index (χ3v) is 3.92. The summed E-state index contributed by atoms with van der Waals surface area (Å²) in [5.74, 6) is 0.415. The lowest BCUT2D eigenvalue weighted by atomic mass is 9.95. The Morgan fingerprint density at radius 1 is 1.11 bits per heavy atom. The van der Waals surface area contributed by atoms with E-state index in [4.69, 9.17) is 9.47 Å². The molecule has 0 aromatic rings. The first kappa shape index (κ1) is 15.6. The van der Waals surface area contributed by atoms with E-state index in [-0.39, 0.29) is 5.79 Å². The lowest BCUT2D eigenvalue weighted by molar-refractivity contribution is -0.178. The molecular formula is C15H28O3. The number of ether oxygens (including phenoxy) is 2. The Morgan fingerprint density at radius 3 is 2.28 bits per heavy atom. The van der Waals surface area contributed by atoms with Gasteiger partial charge in [0.15, 0.2) is 5.79 Å². The quantitative estimate of drug-likeness (QED) is 0.590. The van der Waals surface area contributed by atoms with Crippen LogP contribution in [0.1, 0.15) is 65.7 Å². The number of Topliss-reactive ketones (excluding diaryl/α,β-unsaturated/α-hetero) is 1. The van der Waals surface area contributed by atoms with E-state index in [9.17, 15) is 4.79 Å². The highest BCUT2D eigenvalue weighted by Crippen LogP contribution is 2.31. The van der Waals surface area contributed by atoms with Crippen LogP contribution in [0.3, 0.4) is 0 Å². The van der Waals surface area contributed by atoms with Gasteiger partial charge in [-0.05, 0) is 26.7 Å². The molecule has 0 radical (unpaired) electrons. The summed E-state index contributed by atoms with van der Waals surface area (Å²) in [6.45, 7) is 7.39. The Labute approximate surface area is 111 Å². The predicted molar refractivity (Wildman–Crippen MR) is 72.5 cm³/mol. The van der Waals surface area contributed by atoms with E-state index < -0.39 is 0 Å². The van der Waals surface area contributed by atoms with E-state index in [2.05, 4.69) is 13.8 Å². The molecule has 3 nitrogen and oxygen atoms in total. The first-order valence-corrected chi connectivity index (χ1v) is 7.32. The zero-order valence-electron chi connectivity index (χ0n) is 12.2. The van der Waals surface area contributed by atoms with Crippen molar-refractivity contribution in [3.05, 3.63) is 0 Å². The molecule has 1 rings (SSSR count). The van der Waals surface area contributed by atoms with Crippen molar-refractivity contribution < 1.29 is 14.3 Å². The highest BCUT2D eigenvalue weighted by atomic mass is 16.7. The summed E-state index contributed by atoms with van der Waals surface area (Å²) in [6.07, 6.45) is 7.84. The summed E-state index contributed by atoms with van der Waals surface area (Å²) >= 11 is 0. The van der Waals surface area contributed by atoms with Crippen LogP contribution in [0.2, 0.25) is 0 Å². The zero-order chi connectivity index (χ0) is 13.4. The SMILES string of the molecule is CC(=O)CCCCCCCC(C)C1(C)OCCO1. The van der Waals surface area contributed by atoms with Gasteiger partial charge in [-0.2, -0.15) is 0 Å². The molecule has 106 valence electrons. The minimum atomic E-state index is -0.353. The summed E-state index contributed by atoms with van der Waals surface area (Å²) in [7, 11) is 0. The molecule has 0 aromatic heterocycles. The number of unbranched alkanes of at least 4 members (excludes halogenated alkanes) is 4. The molecule has 0 spiro atoms. The van der Waals surface area contributed by atoms with Crippen molar-refractivity contribution in [2.24, 2.45) is 5.92 Å². The molecule has 0 bridgehead atoms. The largest absolute Gasteiger partial charge is 0.348 e. The van der Waals surface area contributed by atoms with Crippen molar-refractivity contribution in [3.63, 3.8) is 0 Å². The molecule has 0 aromatic carbocycles. The fraction of sp³-hybridized carbons (Fsp3) is 0.933. The summed E-state index contributed by atoms with van der Waals surface area (Å²) in [5, 5.41) is 0.